The maximum atomic E-state index is 4.67. The molecule has 0 N–H and O–H groups in total. The fourth-order valence-electron chi connectivity index (χ4n) is 3.05. The molecule has 0 aliphatic heterocycles. The lowest BCUT2D eigenvalue weighted by molar-refractivity contribution is 0.745. The van der Waals surface area contributed by atoms with Crippen LogP contribution >= 0.6 is 0 Å². The summed E-state index contributed by atoms with van der Waals surface area (Å²) in [4.78, 5) is 5.14. The summed E-state index contributed by atoms with van der Waals surface area (Å²) in [6, 6.07) is 29.5. The second kappa shape index (κ2) is 7.40. The minimum atomic E-state index is 0.653. The Morgan fingerprint density at radius 2 is 0.931 bits per heavy atom. The van der Waals surface area contributed by atoms with E-state index in [1.807, 2.05) is 95.9 Å². The molecule has 0 radical (unpaired) electrons. The van der Waals surface area contributed by atoms with Gasteiger partial charge in [-0.1, -0.05) is 54.6 Å². The van der Waals surface area contributed by atoms with Crippen molar-refractivity contribution >= 4 is 17.3 Å². The van der Waals surface area contributed by atoms with E-state index < -0.39 is 0 Å². The Morgan fingerprint density at radius 1 is 0.517 bits per heavy atom. The van der Waals surface area contributed by atoms with Crippen LogP contribution in [-0.2, 0) is 0 Å². The van der Waals surface area contributed by atoms with Crippen LogP contribution in [-0.4, -0.2) is 30.0 Å². The van der Waals surface area contributed by atoms with Crippen LogP contribution in [0.25, 0.3) is 11.4 Å². The Morgan fingerprint density at radius 3 is 1.38 bits per heavy atom. The number of para-hydroxylation sites is 3. The number of benzene rings is 3. The summed E-state index contributed by atoms with van der Waals surface area (Å²) in [6.45, 7) is 0. The Labute approximate surface area is 167 Å². The average molecular weight is 379 g/mol. The van der Waals surface area contributed by atoms with Crippen LogP contribution in [0.5, 0.6) is 0 Å². The molecule has 0 aliphatic rings. The van der Waals surface area contributed by atoms with Gasteiger partial charge in [0.1, 0.15) is 0 Å². The van der Waals surface area contributed by atoms with Crippen molar-refractivity contribution in [2.45, 2.75) is 0 Å². The molecule has 0 unspecified atom stereocenters. The van der Waals surface area contributed by atoms with Crippen molar-refractivity contribution in [3.8, 4) is 11.4 Å². The zero-order valence-corrected chi connectivity index (χ0v) is 15.4. The second-order valence-corrected chi connectivity index (χ2v) is 6.33. The minimum absolute atomic E-state index is 0.653. The van der Waals surface area contributed by atoms with Gasteiger partial charge >= 0.3 is 0 Å². The van der Waals surface area contributed by atoms with Crippen LogP contribution in [0.3, 0.4) is 0 Å². The Hall–Kier alpha value is -4.26. The largest absolute Gasteiger partial charge is 0.273 e. The van der Waals surface area contributed by atoms with Crippen molar-refractivity contribution < 1.29 is 0 Å². The number of rotatable bonds is 5. The number of aromatic nitrogens is 6. The smallest absolute Gasteiger partial charge is 0.181 e. The Kier molecular flexibility index (Phi) is 4.31. The van der Waals surface area contributed by atoms with Crippen LogP contribution in [0.1, 0.15) is 0 Å². The number of anilines is 3. The minimum Gasteiger partial charge on any atom is -0.273 e. The van der Waals surface area contributed by atoms with E-state index in [4.69, 9.17) is 0 Å². The Bertz CT molecular complexity index is 1120. The first-order chi connectivity index (χ1) is 14.4. The fourth-order valence-corrected chi connectivity index (χ4v) is 3.05. The third-order valence-corrected chi connectivity index (χ3v) is 4.41. The molecular formula is C22H17N7. The summed E-state index contributed by atoms with van der Waals surface area (Å²) in [6.07, 6.45) is 3.45. The molecule has 7 heteroatoms. The molecule has 5 aromatic rings. The standard InChI is InChI=1S/C22H17N7/c1-4-10-18(11-5-1)27(21-16-23-28(25-21)19-12-6-2-7-13-19)22-17-24-29(26-22)20-14-8-3-9-15-20/h1-17H. The maximum absolute atomic E-state index is 4.67. The first-order valence-electron chi connectivity index (χ1n) is 9.19. The van der Waals surface area contributed by atoms with Crippen molar-refractivity contribution in [1.82, 2.24) is 30.0 Å². The zero-order chi connectivity index (χ0) is 19.5. The molecular weight excluding hydrogens is 362 g/mol. The highest BCUT2D eigenvalue weighted by Crippen LogP contribution is 2.31. The number of hydrogen-bond donors (Lipinski definition) is 0. The molecule has 140 valence electrons. The SMILES string of the molecule is c1ccc(N(c2cnn(-c3ccccc3)n2)c2cnn(-c3ccccc3)n2)cc1. The van der Waals surface area contributed by atoms with E-state index in [0.29, 0.717) is 11.6 Å². The van der Waals surface area contributed by atoms with E-state index >= 15 is 0 Å². The van der Waals surface area contributed by atoms with Crippen molar-refractivity contribution in [3.63, 3.8) is 0 Å². The van der Waals surface area contributed by atoms with Crippen LogP contribution in [0.2, 0.25) is 0 Å². The molecule has 7 nitrogen and oxygen atoms in total. The summed E-state index contributed by atoms with van der Waals surface area (Å²) < 4.78 is 0. The molecule has 5 rings (SSSR count). The lowest BCUT2D eigenvalue weighted by Crippen LogP contribution is -2.12. The third kappa shape index (κ3) is 3.37. The summed E-state index contributed by atoms with van der Waals surface area (Å²) in [5, 5.41) is 18.2. The molecule has 0 bridgehead atoms. The topological polar surface area (TPSA) is 64.7 Å². The average Bonchev–Trinajstić information content (AvgIpc) is 3.47. The van der Waals surface area contributed by atoms with E-state index in [1.54, 1.807) is 22.0 Å². The first kappa shape index (κ1) is 16.9. The summed E-state index contributed by atoms with van der Waals surface area (Å²) >= 11 is 0. The van der Waals surface area contributed by atoms with Crippen LogP contribution < -0.4 is 4.90 Å². The molecule has 0 spiro atoms. The van der Waals surface area contributed by atoms with E-state index in [0.717, 1.165) is 17.1 Å². The van der Waals surface area contributed by atoms with Gasteiger partial charge in [0.2, 0.25) is 0 Å². The highest BCUT2D eigenvalue weighted by Gasteiger charge is 2.19. The van der Waals surface area contributed by atoms with Crippen molar-refractivity contribution in [2.24, 2.45) is 0 Å². The summed E-state index contributed by atoms with van der Waals surface area (Å²) in [5.74, 6) is 1.31. The molecule has 2 heterocycles. The molecule has 2 aromatic heterocycles. The predicted octanol–water partition coefficient (Wildman–Crippen LogP) is 4.32. The van der Waals surface area contributed by atoms with E-state index in [-0.39, 0.29) is 0 Å². The van der Waals surface area contributed by atoms with Crippen LogP contribution in [0, 0.1) is 0 Å². The van der Waals surface area contributed by atoms with Gasteiger partial charge in [-0.15, -0.1) is 19.8 Å². The third-order valence-electron chi connectivity index (χ3n) is 4.41. The zero-order valence-electron chi connectivity index (χ0n) is 15.4. The van der Waals surface area contributed by atoms with Gasteiger partial charge in [-0.3, -0.25) is 4.90 Å². The first-order valence-corrected chi connectivity index (χ1v) is 9.19. The van der Waals surface area contributed by atoms with Gasteiger partial charge < -0.3 is 0 Å². The highest BCUT2D eigenvalue weighted by atomic mass is 15.5. The van der Waals surface area contributed by atoms with Gasteiger partial charge in [-0.05, 0) is 36.4 Å². The molecule has 0 fully saturated rings. The molecule has 0 amide bonds. The van der Waals surface area contributed by atoms with Crippen molar-refractivity contribution in [2.75, 3.05) is 4.90 Å². The quantitative estimate of drug-likeness (QED) is 0.455. The molecule has 3 aromatic carbocycles. The van der Waals surface area contributed by atoms with Crippen molar-refractivity contribution in [1.29, 1.82) is 0 Å². The molecule has 0 aliphatic carbocycles. The number of nitrogens with zero attached hydrogens (tertiary/aromatic N) is 7. The van der Waals surface area contributed by atoms with Crippen molar-refractivity contribution in [3.05, 3.63) is 103 Å². The van der Waals surface area contributed by atoms with Gasteiger partial charge in [-0.25, -0.2) is 0 Å². The Balaban J connectivity index is 1.57. The molecule has 0 atom stereocenters. The summed E-state index contributed by atoms with van der Waals surface area (Å²) in [7, 11) is 0. The predicted molar refractivity (Wildman–Crippen MR) is 111 cm³/mol. The number of hydrogen-bond acceptors (Lipinski definition) is 5. The van der Waals surface area contributed by atoms with Crippen LogP contribution in [0.15, 0.2) is 103 Å². The highest BCUT2D eigenvalue weighted by molar-refractivity contribution is 5.70. The monoisotopic (exact) mass is 379 g/mol. The fraction of sp³-hybridized carbons (Fsp3) is 0. The molecule has 0 saturated heterocycles. The van der Waals surface area contributed by atoms with E-state index in [2.05, 4.69) is 20.4 Å². The maximum Gasteiger partial charge on any atom is 0.181 e. The lowest BCUT2D eigenvalue weighted by atomic mass is 10.3. The van der Waals surface area contributed by atoms with Gasteiger partial charge in [-0.2, -0.15) is 10.2 Å². The normalized spacial score (nSPS) is 10.8. The van der Waals surface area contributed by atoms with Gasteiger partial charge in [0, 0.05) is 5.69 Å². The lowest BCUT2D eigenvalue weighted by Gasteiger charge is -2.18. The molecule has 0 saturated carbocycles. The van der Waals surface area contributed by atoms with E-state index in [1.165, 1.54) is 0 Å². The molecule has 29 heavy (non-hydrogen) atoms. The van der Waals surface area contributed by atoms with Gasteiger partial charge in [0.25, 0.3) is 0 Å². The van der Waals surface area contributed by atoms with Gasteiger partial charge in [0.05, 0.1) is 23.8 Å². The van der Waals surface area contributed by atoms with E-state index in [9.17, 15) is 0 Å². The van der Waals surface area contributed by atoms with Crippen LogP contribution in [0.4, 0.5) is 17.3 Å². The second-order valence-electron chi connectivity index (χ2n) is 6.33. The van der Waals surface area contributed by atoms with Gasteiger partial charge in [0.15, 0.2) is 11.6 Å². The summed E-state index contributed by atoms with van der Waals surface area (Å²) in [5.41, 5.74) is 2.70.